The minimum Gasteiger partial charge on any atom is -0.475 e. The first-order chi connectivity index (χ1) is 8.40. The monoisotopic (exact) mass is 267 g/mol. The predicted octanol–water partition coefficient (Wildman–Crippen LogP) is 2.17. The third-order valence-electron chi connectivity index (χ3n) is 2.85. The number of furan rings is 1. The second-order valence-electron chi connectivity index (χ2n) is 4.13. The number of carboxylic acids is 1. The predicted molar refractivity (Wildman–Crippen MR) is 67.6 cm³/mol. The Kier molecular flexibility index (Phi) is 3.13. The molecule has 0 spiro atoms. The lowest BCUT2D eigenvalue weighted by atomic mass is 10.2. The molecule has 6 heteroatoms. The molecule has 2 aromatic heterocycles. The van der Waals surface area contributed by atoms with Gasteiger partial charge in [0.05, 0.1) is 6.54 Å². The number of aromatic nitrogens is 1. The Balaban J connectivity index is 2.38. The van der Waals surface area contributed by atoms with Gasteiger partial charge in [0.15, 0.2) is 0 Å². The van der Waals surface area contributed by atoms with E-state index in [0.717, 1.165) is 10.6 Å². The number of carboxylic acid groups (broad SMARTS) is 1. The van der Waals surface area contributed by atoms with Gasteiger partial charge < -0.3 is 9.52 Å². The van der Waals surface area contributed by atoms with Crippen LogP contribution in [0.3, 0.4) is 0 Å². The first-order valence-electron chi connectivity index (χ1n) is 5.39. The van der Waals surface area contributed by atoms with E-state index < -0.39 is 5.97 Å². The fraction of sp³-hybridized carbons (Fsp3) is 0.333. The van der Waals surface area contributed by atoms with Crippen molar-refractivity contribution >= 4 is 17.3 Å². The second-order valence-corrected chi connectivity index (χ2v) is 5.29. The van der Waals surface area contributed by atoms with Gasteiger partial charge in [0.2, 0.25) is 5.76 Å². The topological polar surface area (TPSA) is 72.4 Å². The SMILES string of the molecule is Cc1cc(Cn2c(C)c(C)sc2=O)oc1C(=O)O. The summed E-state index contributed by atoms with van der Waals surface area (Å²) in [6.45, 7) is 5.68. The molecule has 0 aliphatic carbocycles. The third-order valence-corrected chi connectivity index (χ3v) is 3.85. The zero-order chi connectivity index (χ0) is 13.4. The van der Waals surface area contributed by atoms with Crippen LogP contribution in [0.25, 0.3) is 0 Å². The molecule has 2 heterocycles. The van der Waals surface area contributed by atoms with Crippen LogP contribution in [-0.2, 0) is 6.54 Å². The molecular weight excluding hydrogens is 254 g/mol. The quantitative estimate of drug-likeness (QED) is 0.925. The average Bonchev–Trinajstić information content (AvgIpc) is 2.75. The lowest BCUT2D eigenvalue weighted by Crippen LogP contribution is -2.14. The number of nitrogens with zero attached hydrogens (tertiary/aromatic N) is 1. The lowest BCUT2D eigenvalue weighted by molar-refractivity contribution is 0.0659. The van der Waals surface area contributed by atoms with E-state index in [9.17, 15) is 9.59 Å². The van der Waals surface area contributed by atoms with Crippen LogP contribution in [0.1, 0.15) is 32.4 Å². The summed E-state index contributed by atoms with van der Waals surface area (Å²) in [6, 6.07) is 1.66. The summed E-state index contributed by atoms with van der Waals surface area (Å²) in [4.78, 5) is 23.5. The van der Waals surface area contributed by atoms with Gasteiger partial charge in [-0.1, -0.05) is 11.3 Å². The van der Waals surface area contributed by atoms with Crippen molar-refractivity contribution in [3.63, 3.8) is 0 Å². The minimum atomic E-state index is -1.09. The zero-order valence-electron chi connectivity index (χ0n) is 10.3. The number of aromatic carboxylic acids is 1. The Hall–Kier alpha value is -1.82. The molecule has 0 aromatic carbocycles. The highest BCUT2D eigenvalue weighted by molar-refractivity contribution is 7.09. The van der Waals surface area contributed by atoms with Gasteiger partial charge in [-0.05, 0) is 26.8 Å². The maximum atomic E-state index is 11.7. The molecule has 0 saturated heterocycles. The van der Waals surface area contributed by atoms with Crippen LogP contribution in [0.5, 0.6) is 0 Å². The van der Waals surface area contributed by atoms with E-state index in [1.807, 2.05) is 13.8 Å². The Labute approximate surface area is 107 Å². The van der Waals surface area contributed by atoms with Gasteiger partial charge in [-0.25, -0.2) is 4.79 Å². The van der Waals surface area contributed by atoms with E-state index in [0.29, 0.717) is 11.3 Å². The molecule has 0 saturated carbocycles. The van der Waals surface area contributed by atoms with E-state index in [4.69, 9.17) is 9.52 Å². The van der Waals surface area contributed by atoms with Gasteiger partial charge in [-0.2, -0.15) is 0 Å². The van der Waals surface area contributed by atoms with Crippen molar-refractivity contribution in [1.29, 1.82) is 0 Å². The summed E-state index contributed by atoms with van der Waals surface area (Å²) in [7, 11) is 0. The molecule has 0 atom stereocenters. The van der Waals surface area contributed by atoms with Crippen molar-refractivity contribution in [2.75, 3.05) is 0 Å². The molecule has 2 aromatic rings. The van der Waals surface area contributed by atoms with Gasteiger partial charge >= 0.3 is 10.8 Å². The van der Waals surface area contributed by atoms with Crippen molar-refractivity contribution in [2.45, 2.75) is 27.3 Å². The van der Waals surface area contributed by atoms with E-state index in [1.165, 1.54) is 11.3 Å². The summed E-state index contributed by atoms with van der Waals surface area (Å²) in [5, 5.41) is 8.90. The highest BCUT2D eigenvalue weighted by atomic mass is 32.1. The molecule has 18 heavy (non-hydrogen) atoms. The van der Waals surface area contributed by atoms with Crippen LogP contribution >= 0.6 is 11.3 Å². The molecule has 0 bridgehead atoms. The van der Waals surface area contributed by atoms with E-state index in [-0.39, 0.29) is 17.2 Å². The van der Waals surface area contributed by atoms with Crippen LogP contribution in [-0.4, -0.2) is 15.6 Å². The van der Waals surface area contributed by atoms with Crippen LogP contribution < -0.4 is 4.87 Å². The molecular formula is C12H13NO4S. The molecule has 0 fully saturated rings. The second kappa shape index (κ2) is 4.45. The third kappa shape index (κ3) is 2.11. The molecule has 0 aliphatic heterocycles. The van der Waals surface area contributed by atoms with Gasteiger partial charge in [0.25, 0.3) is 0 Å². The smallest absolute Gasteiger partial charge is 0.372 e. The van der Waals surface area contributed by atoms with Gasteiger partial charge in [0, 0.05) is 16.1 Å². The van der Waals surface area contributed by atoms with Crippen molar-refractivity contribution in [2.24, 2.45) is 0 Å². The average molecular weight is 267 g/mol. The fourth-order valence-electron chi connectivity index (χ4n) is 1.76. The maximum Gasteiger partial charge on any atom is 0.372 e. The van der Waals surface area contributed by atoms with Crippen LogP contribution in [0.2, 0.25) is 0 Å². The van der Waals surface area contributed by atoms with Gasteiger partial charge in [-0.3, -0.25) is 9.36 Å². The summed E-state index contributed by atoms with van der Waals surface area (Å²) >= 11 is 1.18. The van der Waals surface area contributed by atoms with E-state index >= 15 is 0 Å². The molecule has 96 valence electrons. The first-order valence-corrected chi connectivity index (χ1v) is 6.21. The highest BCUT2D eigenvalue weighted by Gasteiger charge is 2.16. The summed E-state index contributed by atoms with van der Waals surface area (Å²) in [6.07, 6.45) is 0. The minimum absolute atomic E-state index is 0.0593. The molecule has 0 amide bonds. The summed E-state index contributed by atoms with van der Waals surface area (Å²) < 4.78 is 6.83. The highest BCUT2D eigenvalue weighted by Crippen LogP contribution is 2.17. The van der Waals surface area contributed by atoms with Crippen molar-refractivity contribution in [1.82, 2.24) is 4.57 Å². The van der Waals surface area contributed by atoms with Crippen LogP contribution in [0, 0.1) is 20.8 Å². The van der Waals surface area contributed by atoms with Crippen molar-refractivity contribution in [3.8, 4) is 0 Å². The number of carbonyl (C=O) groups is 1. The number of thiazole rings is 1. The van der Waals surface area contributed by atoms with E-state index in [1.54, 1.807) is 17.6 Å². The fourth-order valence-corrected chi connectivity index (χ4v) is 2.60. The Morgan fingerprint density at radius 2 is 2.11 bits per heavy atom. The normalized spacial score (nSPS) is 10.8. The summed E-state index contributed by atoms with van der Waals surface area (Å²) in [5.41, 5.74) is 1.45. The number of aryl methyl sites for hydroxylation is 2. The zero-order valence-corrected chi connectivity index (χ0v) is 11.1. The molecule has 5 nitrogen and oxygen atoms in total. The molecule has 2 rings (SSSR count). The molecule has 0 aliphatic rings. The largest absolute Gasteiger partial charge is 0.475 e. The first kappa shape index (κ1) is 12.6. The molecule has 0 unspecified atom stereocenters. The standard InChI is InChI=1S/C12H13NO4S/c1-6-4-9(17-10(6)11(14)15)5-13-7(2)8(3)18-12(13)16/h4H,5H2,1-3H3,(H,14,15). The maximum absolute atomic E-state index is 11.7. The van der Waals surface area contributed by atoms with Crippen molar-refractivity contribution < 1.29 is 14.3 Å². The van der Waals surface area contributed by atoms with Gasteiger partial charge in [0.1, 0.15) is 5.76 Å². The van der Waals surface area contributed by atoms with Crippen LogP contribution in [0.15, 0.2) is 15.3 Å². The lowest BCUT2D eigenvalue weighted by Gasteiger charge is -2.01. The summed E-state index contributed by atoms with van der Waals surface area (Å²) in [5.74, 6) is -0.681. The van der Waals surface area contributed by atoms with Gasteiger partial charge in [-0.15, -0.1) is 0 Å². The Morgan fingerprint density at radius 3 is 2.56 bits per heavy atom. The number of rotatable bonds is 3. The van der Waals surface area contributed by atoms with Crippen LogP contribution in [0.4, 0.5) is 0 Å². The Morgan fingerprint density at radius 1 is 1.44 bits per heavy atom. The number of hydrogen-bond donors (Lipinski definition) is 1. The molecule has 0 radical (unpaired) electrons. The molecule has 1 N–H and O–H groups in total. The van der Waals surface area contributed by atoms with Crippen molar-refractivity contribution in [3.05, 3.63) is 43.4 Å². The van der Waals surface area contributed by atoms with E-state index in [2.05, 4.69) is 0 Å². The number of hydrogen-bond acceptors (Lipinski definition) is 4. The Bertz CT molecular complexity index is 662.